The van der Waals surface area contributed by atoms with Crippen LogP contribution in [0.3, 0.4) is 0 Å². The van der Waals surface area contributed by atoms with E-state index in [9.17, 15) is 9.18 Å². The van der Waals surface area contributed by atoms with Gasteiger partial charge in [-0.15, -0.1) is 11.3 Å². The molecule has 3 aromatic rings. The Hall–Kier alpha value is -2.53. The van der Waals surface area contributed by atoms with Crippen molar-refractivity contribution in [2.45, 2.75) is 13.5 Å². The Kier molecular flexibility index (Phi) is 4.48. The van der Waals surface area contributed by atoms with Gasteiger partial charge in [-0.05, 0) is 30.2 Å². The van der Waals surface area contributed by atoms with Gasteiger partial charge < -0.3 is 5.32 Å². The number of carbonyl (C=O) groups excluding carboxylic acids is 1. The molecule has 23 heavy (non-hydrogen) atoms. The Bertz CT molecular complexity index is 813. The van der Waals surface area contributed by atoms with Crippen molar-refractivity contribution >= 4 is 17.2 Å². The van der Waals surface area contributed by atoms with Crippen LogP contribution in [0, 0.1) is 12.7 Å². The number of carbonyl (C=O) groups is 1. The Morgan fingerprint density at radius 3 is 2.52 bits per heavy atom. The summed E-state index contributed by atoms with van der Waals surface area (Å²) in [5.41, 5.74) is 2.25. The van der Waals surface area contributed by atoms with Crippen LogP contribution in [0.1, 0.15) is 21.1 Å². The first-order chi connectivity index (χ1) is 11.1. The summed E-state index contributed by atoms with van der Waals surface area (Å²) in [6, 6.07) is 15.8. The van der Waals surface area contributed by atoms with E-state index in [-0.39, 0.29) is 11.7 Å². The number of aryl methyl sites for hydroxylation is 1. The predicted molar refractivity (Wildman–Crippen MR) is 89.9 cm³/mol. The first-order valence-electron chi connectivity index (χ1n) is 7.19. The molecule has 5 heteroatoms. The highest BCUT2D eigenvalue weighted by Gasteiger charge is 2.17. The van der Waals surface area contributed by atoms with Crippen LogP contribution in [0.5, 0.6) is 0 Å². The molecule has 0 aliphatic heterocycles. The molecule has 1 N–H and O–H groups in total. The molecular formula is C18H15FN2OS. The minimum Gasteiger partial charge on any atom is -0.347 e. The molecule has 0 unspecified atom stereocenters. The van der Waals surface area contributed by atoms with Crippen molar-refractivity contribution in [2.75, 3.05) is 0 Å². The van der Waals surface area contributed by atoms with E-state index in [1.54, 1.807) is 12.1 Å². The van der Waals surface area contributed by atoms with E-state index >= 15 is 0 Å². The number of halogens is 1. The number of aromatic nitrogens is 1. The van der Waals surface area contributed by atoms with E-state index in [0.717, 1.165) is 21.0 Å². The lowest BCUT2D eigenvalue weighted by molar-refractivity contribution is 0.0947. The second-order valence-electron chi connectivity index (χ2n) is 5.09. The van der Waals surface area contributed by atoms with Gasteiger partial charge in [0.15, 0.2) is 0 Å². The van der Waals surface area contributed by atoms with Gasteiger partial charge in [0.25, 0.3) is 5.91 Å². The van der Waals surface area contributed by atoms with E-state index in [0.29, 0.717) is 12.2 Å². The van der Waals surface area contributed by atoms with Gasteiger partial charge in [0.1, 0.15) is 11.5 Å². The smallest absolute Gasteiger partial charge is 0.271 e. The third-order valence-corrected chi connectivity index (χ3v) is 4.37. The maximum absolute atomic E-state index is 12.9. The van der Waals surface area contributed by atoms with E-state index in [1.165, 1.54) is 23.5 Å². The van der Waals surface area contributed by atoms with Gasteiger partial charge >= 0.3 is 0 Å². The Morgan fingerprint density at radius 2 is 1.83 bits per heavy atom. The third-order valence-electron chi connectivity index (χ3n) is 3.35. The lowest BCUT2D eigenvalue weighted by Gasteiger charge is -2.05. The molecule has 1 aromatic heterocycles. The molecule has 0 aliphatic rings. The first kappa shape index (κ1) is 15.4. The predicted octanol–water partition coefficient (Wildman–Crippen LogP) is 4.19. The highest BCUT2D eigenvalue weighted by molar-refractivity contribution is 7.15. The van der Waals surface area contributed by atoms with Crippen LogP contribution in [-0.4, -0.2) is 10.9 Å². The minimum atomic E-state index is -0.290. The molecule has 2 aromatic carbocycles. The molecule has 0 aliphatic carbocycles. The second kappa shape index (κ2) is 6.71. The van der Waals surface area contributed by atoms with Crippen molar-refractivity contribution in [3.8, 4) is 10.4 Å². The first-order valence-corrected chi connectivity index (χ1v) is 8.00. The van der Waals surface area contributed by atoms with Gasteiger partial charge in [-0.1, -0.05) is 42.5 Å². The highest BCUT2D eigenvalue weighted by Crippen LogP contribution is 2.29. The van der Waals surface area contributed by atoms with Crippen molar-refractivity contribution in [3.63, 3.8) is 0 Å². The fraction of sp³-hybridized carbons (Fsp3) is 0.111. The van der Waals surface area contributed by atoms with Gasteiger partial charge in [0, 0.05) is 6.54 Å². The third kappa shape index (κ3) is 3.63. The zero-order chi connectivity index (χ0) is 16.2. The Morgan fingerprint density at radius 1 is 1.13 bits per heavy atom. The second-order valence-corrected chi connectivity index (χ2v) is 6.29. The average molecular weight is 326 g/mol. The van der Waals surface area contributed by atoms with Crippen LogP contribution >= 0.6 is 11.3 Å². The lowest BCUT2D eigenvalue weighted by atomic mass is 10.1. The van der Waals surface area contributed by atoms with Crippen molar-refractivity contribution in [2.24, 2.45) is 0 Å². The lowest BCUT2D eigenvalue weighted by Crippen LogP contribution is -2.23. The fourth-order valence-electron chi connectivity index (χ4n) is 2.23. The SMILES string of the molecule is Cc1nc(C(=O)NCc2ccc(F)cc2)c(-c2ccccc2)s1. The van der Waals surface area contributed by atoms with Crippen molar-refractivity contribution in [1.82, 2.24) is 10.3 Å². The molecule has 3 rings (SSSR count). The van der Waals surface area contributed by atoms with Gasteiger partial charge in [0.2, 0.25) is 0 Å². The summed E-state index contributed by atoms with van der Waals surface area (Å²) in [6.45, 7) is 2.22. The number of hydrogen-bond donors (Lipinski definition) is 1. The van der Waals surface area contributed by atoms with E-state index in [1.807, 2.05) is 37.3 Å². The van der Waals surface area contributed by atoms with E-state index < -0.39 is 0 Å². The van der Waals surface area contributed by atoms with Crippen LogP contribution in [0.2, 0.25) is 0 Å². The van der Waals surface area contributed by atoms with Crippen LogP contribution in [0.15, 0.2) is 54.6 Å². The number of thiazole rings is 1. The van der Waals surface area contributed by atoms with Gasteiger partial charge in [-0.2, -0.15) is 0 Å². The topological polar surface area (TPSA) is 42.0 Å². The van der Waals surface area contributed by atoms with Crippen LogP contribution in [0.4, 0.5) is 4.39 Å². The van der Waals surface area contributed by atoms with E-state index in [2.05, 4.69) is 10.3 Å². The Labute approximate surface area is 137 Å². The maximum atomic E-state index is 12.9. The summed E-state index contributed by atoms with van der Waals surface area (Å²) in [6.07, 6.45) is 0. The summed E-state index contributed by atoms with van der Waals surface area (Å²) < 4.78 is 12.9. The van der Waals surface area contributed by atoms with E-state index in [4.69, 9.17) is 0 Å². The standard InChI is InChI=1S/C18H15FN2OS/c1-12-21-16(17(23-12)14-5-3-2-4-6-14)18(22)20-11-13-7-9-15(19)10-8-13/h2-10H,11H2,1H3,(H,20,22). The van der Waals surface area contributed by atoms with Gasteiger partial charge in [0.05, 0.1) is 9.88 Å². The zero-order valence-electron chi connectivity index (χ0n) is 12.5. The zero-order valence-corrected chi connectivity index (χ0v) is 13.4. The Balaban J connectivity index is 1.79. The number of rotatable bonds is 4. The molecule has 0 radical (unpaired) electrons. The van der Waals surface area contributed by atoms with Gasteiger partial charge in [-0.25, -0.2) is 9.37 Å². The number of nitrogens with zero attached hydrogens (tertiary/aromatic N) is 1. The van der Waals surface area contributed by atoms with Crippen molar-refractivity contribution in [1.29, 1.82) is 0 Å². The molecule has 0 spiro atoms. The molecule has 1 heterocycles. The largest absolute Gasteiger partial charge is 0.347 e. The van der Waals surface area contributed by atoms with Crippen LogP contribution < -0.4 is 5.32 Å². The number of nitrogens with one attached hydrogen (secondary N) is 1. The summed E-state index contributed by atoms with van der Waals surface area (Å²) in [4.78, 5) is 17.7. The van der Waals surface area contributed by atoms with Crippen molar-refractivity contribution in [3.05, 3.63) is 76.7 Å². The number of benzene rings is 2. The minimum absolute atomic E-state index is 0.225. The highest BCUT2D eigenvalue weighted by atomic mass is 32.1. The fourth-order valence-corrected chi connectivity index (χ4v) is 3.16. The molecule has 0 saturated heterocycles. The molecule has 3 nitrogen and oxygen atoms in total. The molecule has 0 fully saturated rings. The van der Waals surface area contributed by atoms with Crippen molar-refractivity contribution < 1.29 is 9.18 Å². The van der Waals surface area contributed by atoms with Crippen LogP contribution in [-0.2, 0) is 6.54 Å². The summed E-state index contributed by atoms with van der Waals surface area (Å²) in [5.74, 6) is -0.515. The monoisotopic (exact) mass is 326 g/mol. The molecule has 116 valence electrons. The van der Waals surface area contributed by atoms with Gasteiger partial charge in [-0.3, -0.25) is 4.79 Å². The number of hydrogen-bond acceptors (Lipinski definition) is 3. The summed E-state index contributed by atoms with van der Waals surface area (Å²) >= 11 is 1.50. The molecule has 0 atom stereocenters. The average Bonchev–Trinajstić information content (AvgIpc) is 2.97. The molecule has 0 bridgehead atoms. The molecule has 1 amide bonds. The van der Waals surface area contributed by atoms with Crippen LogP contribution in [0.25, 0.3) is 10.4 Å². The molecule has 0 saturated carbocycles. The molecular weight excluding hydrogens is 311 g/mol. The summed E-state index contributed by atoms with van der Waals surface area (Å²) in [5, 5.41) is 3.68. The summed E-state index contributed by atoms with van der Waals surface area (Å²) in [7, 11) is 0. The number of amides is 1. The quantitative estimate of drug-likeness (QED) is 0.781. The maximum Gasteiger partial charge on any atom is 0.271 e. The normalized spacial score (nSPS) is 10.5.